The van der Waals surface area contributed by atoms with Gasteiger partial charge in [-0.05, 0) is 41.1 Å². The highest BCUT2D eigenvalue weighted by Crippen LogP contribution is 2.32. The standard InChI is InChI=1S/C12H11BrN2O2/c1-8-3-6-12(15-14-8)17-11-7-9(16-2)4-5-10(11)13/h3-7H,1-2H3. The van der Waals surface area contributed by atoms with Gasteiger partial charge in [-0.15, -0.1) is 5.10 Å². The molecule has 0 saturated heterocycles. The third-order valence-corrected chi connectivity index (χ3v) is 2.78. The van der Waals surface area contributed by atoms with Crippen molar-refractivity contribution in [2.24, 2.45) is 0 Å². The summed E-state index contributed by atoms with van der Waals surface area (Å²) in [6.45, 7) is 1.87. The van der Waals surface area contributed by atoms with E-state index in [9.17, 15) is 0 Å². The molecule has 0 atom stereocenters. The van der Waals surface area contributed by atoms with Crippen molar-refractivity contribution in [2.75, 3.05) is 7.11 Å². The lowest BCUT2D eigenvalue weighted by Gasteiger charge is -2.08. The number of rotatable bonds is 3. The number of methoxy groups -OCH3 is 1. The first-order valence-corrected chi connectivity index (χ1v) is 5.80. The first kappa shape index (κ1) is 11.9. The van der Waals surface area contributed by atoms with Gasteiger partial charge < -0.3 is 9.47 Å². The molecule has 0 saturated carbocycles. The molecule has 0 aliphatic carbocycles. The van der Waals surface area contributed by atoms with E-state index >= 15 is 0 Å². The summed E-state index contributed by atoms with van der Waals surface area (Å²) in [5.41, 5.74) is 0.849. The summed E-state index contributed by atoms with van der Waals surface area (Å²) in [4.78, 5) is 0. The van der Waals surface area contributed by atoms with Crippen molar-refractivity contribution in [3.05, 3.63) is 40.5 Å². The van der Waals surface area contributed by atoms with Gasteiger partial charge in [-0.1, -0.05) is 0 Å². The highest BCUT2D eigenvalue weighted by atomic mass is 79.9. The summed E-state index contributed by atoms with van der Waals surface area (Å²) in [5.74, 6) is 1.82. The minimum atomic E-state index is 0.449. The Bertz CT molecular complexity index is 514. The average molecular weight is 295 g/mol. The molecule has 0 spiro atoms. The average Bonchev–Trinajstić information content (AvgIpc) is 2.35. The van der Waals surface area contributed by atoms with E-state index in [1.54, 1.807) is 19.2 Å². The Morgan fingerprint density at radius 3 is 2.59 bits per heavy atom. The van der Waals surface area contributed by atoms with Crippen LogP contribution in [0.5, 0.6) is 17.4 Å². The molecule has 0 bridgehead atoms. The Hall–Kier alpha value is -1.62. The SMILES string of the molecule is COc1ccc(Br)c(Oc2ccc(C)nn2)c1. The van der Waals surface area contributed by atoms with Crippen LogP contribution in [-0.4, -0.2) is 17.3 Å². The van der Waals surface area contributed by atoms with Gasteiger partial charge in [-0.3, -0.25) is 0 Å². The molecule has 5 heteroatoms. The fourth-order valence-corrected chi connectivity index (χ4v) is 1.57. The van der Waals surface area contributed by atoms with Gasteiger partial charge in [-0.2, -0.15) is 5.10 Å². The lowest BCUT2D eigenvalue weighted by molar-refractivity contribution is 0.405. The van der Waals surface area contributed by atoms with Crippen LogP contribution in [0.3, 0.4) is 0 Å². The molecule has 2 rings (SSSR count). The zero-order valence-corrected chi connectivity index (χ0v) is 11.1. The molecule has 1 aromatic heterocycles. The fourth-order valence-electron chi connectivity index (χ4n) is 1.24. The van der Waals surface area contributed by atoms with Crippen LogP contribution in [0.15, 0.2) is 34.8 Å². The predicted octanol–water partition coefficient (Wildman–Crippen LogP) is 3.35. The van der Waals surface area contributed by atoms with E-state index in [0.29, 0.717) is 11.6 Å². The fraction of sp³-hybridized carbons (Fsp3) is 0.167. The van der Waals surface area contributed by atoms with E-state index in [1.807, 2.05) is 25.1 Å². The molecule has 4 nitrogen and oxygen atoms in total. The first-order chi connectivity index (χ1) is 8.19. The van der Waals surface area contributed by atoms with Crippen molar-refractivity contribution < 1.29 is 9.47 Å². The number of hydrogen-bond acceptors (Lipinski definition) is 4. The van der Waals surface area contributed by atoms with E-state index < -0.39 is 0 Å². The number of nitrogens with zero attached hydrogens (tertiary/aromatic N) is 2. The van der Waals surface area contributed by atoms with Crippen molar-refractivity contribution in [3.8, 4) is 17.4 Å². The monoisotopic (exact) mass is 294 g/mol. The summed E-state index contributed by atoms with van der Waals surface area (Å²) < 4.78 is 11.6. The van der Waals surface area contributed by atoms with E-state index in [0.717, 1.165) is 15.9 Å². The second-order valence-corrected chi connectivity index (χ2v) is 4.27. The maximum Gasteiger partial charge on any atom is 0.238 e. The predicted molar refractivity (Wildman–Crippen MR) is 67.5 cm³/mol. The molecule has 88 valence electrons. The van der Waals surface area contributed by atoms with Gasteiger partial charge in [0, 0.05) is 12.1 Å². The molecule has 17 heavy (non-hydrogen) atoms. The first-order valence-electron chi connectivity index (χ1n) is 5.01. The van der Waals surface area contributed by atoms with Crippen molar-refractivity contribution in [1.29, 1.82) is 0 Å². The Kier molecular flexibility index (Phi) is 3.58. The molecule has 1 heterocycles. The normalized spacial score (nSPS) is 10.1. The van der Waals surface area contributed by atoms with Gasteiger partial charge in [0.15, 0.2) is 0 Å². The minimum absolute atomic E-state index is 0.449. The van der Waals surface area contributed by atoms with E-state index in [2.05, 4.69) is 26.1 Å². The molecule has 0 unspecified atom stereocenters. The molecule has 0 fully saturated rings. The maximum absolute atomic E-state index is 5.61. The molecule has 0 amide bonds. The molecule has 0 radical (unpaired) electrons. The lowest BCUT2D eigenvalue weighted by Crippen LogP contribution is -1.93. The van der Waals surface area contributed by atoms with Gasteiger partial charge in [0.05, 0.1) is 17.3 Å². The third-order valence-electron chi connectivity index (χ3n) is 2.13. The summed E-state index contributed by atoms with van der Waals surface area (Å²) in [6, 6.07) is 9.10. The zero-order valence-electron chi connectivity index (χ0n) is 9.48. The molecule has 2 aromatic rings. The Balaban J connectivity index is 2.25. The van der Waals surface area contributed by atoms with E-state index in [4.69, 9.17) is 9.47 Å². The van der Waals surface area contributed by atoms with Crippen LogP contribution in [0.2, 0.25) is 0 Å². The number of ether oxygens (including phenoxy) is 2. The highest BCUT2D eigenvalue weighted by Gasteiger charge is 2.05. The van der Waals surface area contributed by atoms with Crippen LogP contribution < -0.4 is 9.47 Å². The van der Waals surface area contributed by atoms with Crippen molar-refractivity contribution in [2.45, 2.75) is 6.92 Å². The number of halogens is 1. The number of benzene rings is 1. The summed E-state index contributed by atoms with van der Waals surface area (Å²) in [6.07, 6.45) is 0. The van der Waals surface area contributed by atoms with E-state index in [1.165, 1.54) is 0 Å². The Morgan fingerprint density at radius 1 is 1.12 bits per heavy atom. The topological polar surface area (TPSA) is 44.2 Å². The Morgan fingerprint density at radius 2 is 1.94 bits per heavy atom. The highest BCUT2D eigenvalue weighted by molar-refractivity contribution is 9.10. The van der Waals surface area contributed by atoms with Crippen LogP contribution in [-0.2, 0) is 0 Å². The lowest BCUT2D eigenvalue weighted by atomic mass is 10.3. The molecular weight excluding hydrogens is 284 g/mol. The third kappa shape index (κ3) is 2.94. The molecule has 1 aromatic carbocycles. The van der Waals surface area contributed by atoms with Crippen molar-refractivity contribution >= 4 is 15.9 Å². The largest absolute Gasteiger partial charge is 0.497 e. The minimum Gasteiger partial charge on any atom is -0.497 e. The second-order valence-electron chi connectivity index (χ2n) is 3.41. The van der Waals surface area contributed by atoms with Crippen LogP contribution in [0, 0.1) is 6.92 Å². The van der Waals surface area contributed by atoms with E-state index in [-0.39, 0.29) is 0 Å². The smallest absolute Gasteiger partial charge is 0.238 e. The van der Waals surface area contributed by atoms with Crippen LogP contribution in [0.25, 0.3) is 0 Å². The molecule has 0 aliphatic heterocycles. The van der Waals surface area contributed by atoms with Crippen LogP contribution in [0.4, 0.5) is 0 Å². The summed E-state index contributed by atoms with van der Waals surface area (Å²) in [5, 5.41) is 7.86. The van der Waals surface area contributed by atoms with Crippen molar-refractivity contribution in [3.63, 3.8) is 0 Å². The Labute approximate surface area is 108 Å². The van der Waals surface area contributed by atoms with Gasteiger partial charge >= 0.3 is 0 Å². The number of aryl methyl sites for hydroxylation is 1. The zero-order chi connectivity index (χ0) is 12.3. The van der Waals surface area contributed by atoms with Gasteiger partial charge in [0.25, 0.3) is 0 Å². The molecular formula is C12H11BrN2O2. The molecule has 0 aliphatic rings. The van der Waals surface area contributed by atoms with Gasteiger partial charge in [-0.25, -0.2) is 0 Å². The van der Waals surface area contributed by atoms with Crippen molar-refractivity contribution in [1.82, 2.24) is 10.2 Å². The number of aromatic nitrogens is 2. The molecule has 0 N–H and O–H groups in total. The van der Waals surface area contributed by atoms with Gasteiger partial charge in [0.2, 0.25) is 5.88 Å². The summed E-state index contributed by atoms with van der Waals surface area (Å²) in [7, 11) is 1.61. The second kappa shape index (κ2) is 5.14. The quantitative estimate of drug-likeness (QED) is 0.871. The summed E-state index contributed by atoms with van der Waals surface area (Å²) >= 11 is 3.40. The number of hydrogen-bond donors (Lipinski definition) is 0. The maximum atomic E-state index is 5.61. The van der Waals surface area contributed by atoms with Gasteiger partial charge in [0.1, 0.15) is 11.5 Å². The van der Waals surface area contributed by atoms with Crippen LogP contribution in [0.1, 0.15) is 5.69 Å². The van der Waals surface area contributed by atoms with Crippen LogP contribution >= 0.6 is 15.9 Å².